The smallest absolute Gasteiger partial charge is 0.243 e. The number of rotatable bonds is 4. The Labute approximate surface area is 143 Å². The number of aryl methyl sites for hydroxylation is 1. The number of para-hydroxylation sites is 2. The Morgan fingerprint density at radius 3 is 2.21 bits per heavy atom. The van der Waals surface area contributed by atoms with Crippen LogP contribution in [0.2, 0.25) is 0 Å². The van der Waals surface area contributed by atoms with Crippen molar-refractivity contribution in [3.63, 3.8) is 0 Å². The highest BCUT2D eigenvalue weighted by Gasteiger charge is 2.30. The van der Waals surface area contributed by atoms with E-state index in [1.54, 1.807) is 23.5 Å². The zero-order valence-corrected chi connectivity index (χ0v) is 14.8. The van der Waals surface area contributed by atoms with Gasteiger partial charge in [0.15, 0.2) is 0 Å². The van der Waals surface area contributed by atoms with E-state index in [9.17, 15) is 8.42 Å². The van der Waals surface area contributed by atoms with Crippen molar-refractivity contribution in [2.45, 2.75) is 11.8 Å². The third-order valence-electron chi connectivity index (χ3n) is 4.38. The molecule has 0 N–H and O–H groups in total. The maximum Gasteiger partial charge on any atom is 0.243 e. The van der Waals surface area contributed by atoms with Crippen LogP contribution in [0.1, 0.15) is 5.56 Å². The summed E-state index contributed by atoms with van der Waals surface area (Å²) in [4.78, 5) is 2.57. The van der Waals surface area contributed by atoms with Gasteiger partial charge in [-0.15, -0.1) is 0 Å². The van der Waals surface area contributed by atoms with Crippen LogP contribution in [0.5, 0.6) is 5.75 Å². The molecule has 1 aliphatic heterocycles. The van der Waals surface area contributed by atoms with Gasteiger partial charge in [0.25, 0.3) is 0 Å². The van der Waals surface area contributed by atoms with Crippen LogP contribution in [0.3, 0.4) is 0 Å². The maximum absolute atomic E-state index is 12.9. The first-order valence-corrected chi connectivity index (χ1v) is 9.42. The summed E-state index contributed by atoms with van der Waals surface area (Å²) in [5.41, 5.74) is 1.79. The molecule has 1 aliphatic rings. The van der Waals surface area contributed by atoms with Crippen molar-refractivity contribution in [3.05, 3.63) is 54.1 Å². The maximum atomic E-state index is 12.9. The van der Waals surface area contributed by atoms with Gasteiger partial charge in [-0.05, 0) is 30.7 Å². The van der Waals surface area contributed by atoms with Crippen molar-refractivity contribution in [2.24, 2.45) is 0 Å². The van der Waals surface area contributed by atoms with Crippen molar-refractivity contribution in [1.82, 2.24) is 4.31 Å². The third kappa shape index (κ3) is 3.12. The number of hydrogen-bond donors (Lipinski definition) is 0. The van der Waals surface area contributed by atoms with Crippen LogP contribution in [0.25, 0.3) is 0 Å². The van der Waals surface area contributed by atoms with Gasteiger partial charge in [0.2, 0.25) is 10.0 Å². The predicted octanol–water partition coefficient (Wildman–Crippen LogP) is 2.51. The Hall–Kier alpha value is -2.05. The standard InChI is InChI=1S/C18H22N2O3S/c1-15-7-3-6-10-18(15)24(21,22)20-13-11-19(12-14-20)16-8-4-5-9-17(16)23-2/h3-10H,11-14H2,1-2H3. The zero-order chi connectivity index (χ0) is 17.2. The Morgan fingerprint density at radius 1 is 0.917 bits per heavy atom. The van der Waals surface area contributed by atoms with E-state index in [1.165, 1.54) is 0 Å². The summed E-state index contributed by atoms with van der Waals surface area (Å²) in [6, 6.07) is 15.0. The second-order valence-corrected chi connectivity index (χ2v) is 7.73. The minimum absolute atomic E-state index is 0.399. The highest BCUT2D eigenvalue weighted by Crippen LogP contribution is 2.29. The molecule has 0 aromatic heterocycles. The van der Waals surface area contributed by atoms with Gasteiger partial charge in [-0.25, -0.2) is 8.42 Å². The Kier molecular flexibility index (Phi) is 4.78. The topological polar surface area (TPSA) is 49.9 Å². The molecule has 0 bridgehead atoms. The van der Waals surface area contributed by atoms with Crippen LogP contribution >= 0.6 is 0 Å². The highest BCUT2D eigenvalue weighted by atomic mass is 32.2. The van der Waals surface area contributed by atoms with Crippen molar-refractivity contribution in [3.8, 4) is 5.75 Å². The van der Waals surface area contributed by atoms with E-state index in [0.29, 0.717) is 31.1 Å². The van der Waals surface area contributed by atoms with E-state index in [2.05, 4.69) is 4.90 Å². The lowest BCUT2D eigenvalue weighted by atomic mass is 10.2. The number of anilines is 1. The van der Waals surface area contributed by atoms with E-state index >= 15 is 0 Å². The fraction of sp³-hybridized carbons (Fsp3) is 0.333. The van der Waals surface area contributed by atoms with Crippen LogP contribution in [-0.2, 0) is 10.0 Å². The molecule has 0 spiro atoms. The molecule has 3 rings (SSSR count). The zero-order valence-electron chi connectivity index (χ0n) is 14.0. The summed E-state index contributed by atoms with van der Waals surface area (Å²) in [7, 11) is -1.79. The molecule has 2 aromatic carbocycles. The molecule has 1 fully saturated rings. The molecule has 0 aliphatic carbocycles. The van der Waals surface area contributed by atoms with Gasteiger partial charge in [0.05, 0.1) is 17.7 Å². The normalized spacial score (nSPS) is 16.2. The van der Waals surface area contributed by atoms with Crippen LogP contribution in [0.15, 0.2) is 53.4 Å². The Bertz CT molecular complexity index is 813. The molecule has 6 heteroatoms. The number of methoxy groups -OCH3 is 1. The molecule has 0 saturated carbocycles. The van der Waals surface area contributed by atoms with E-state index < -0.39 is 10.0 Å². The van der Waals surface area contributed by atoms with E-state index in [0.717, 1.165) is 17.0 Å². The van der Waals surface area contributed by atoms with Gasteiger partial charge >= 0.3 is 0 Å². The molecule has 0 atom stereocenters. The molecule has 0 radical (unpaired) electrons. The third-order valence-corrected chi connectivity index (χ3v) is 6.43. The molecular weight excluding hydrogens is 324 g/mol. The Morgan fingerprint density at radius 2 is 1.54 bits per heavy atom. The largest absolute Gasteiger partial charge is 0.495 e. The van der Waals surface area contributed by atoms with Gasteiger partial charge < -0.3 is 9.64 Å². The van der Waals surface area contributed by atoms with Gasteiger partial charge in [-0.1, -0.05) is 30.3 Å². The fourth-order valence-corrected chi connectivity index (χ4v) is 4.69. The van der Waals surface area contributed by atoms with Crippen molar-refractivity contribution in [2.75, 3.05) is 38.2 Å². The van der Waals surface area contributed by atoms with Crippen LogP contribution < -0.4 is 9.64 Å². The summed E-state index contributed by atoms with van der Waals surface area (Å²) in [5.74, 6) is 0.813. The van der Waals surface area contributed by atoms with Crippen LogP contribution in [0, 0.1) is 6.92 Å². The summed E-state index contributed by atoms with van der Waals surface area (Å²) >= 11 is 0. The Balaban J connectivity index is 1.77. The SMILES string of the molecule is COc1ccccc1N1CCN(S(=O)(=O)c2ccccc2C)CC1. The molecule has 5 nitrogen and oxygen atoms in total. The molecule has 2 aromatic rings. The van der Waals surface area contributed by atoms with E-state index in [-0.39, 0.29) is 0 Å². The molecule has 0 amide bonds. The molecule has 128 valence electrons. The van der Waals surface area contributed by atoms with E-state index in [4.69, 9.17) is 4.74 Å². The van der Waals surface area contributed by atoms with Crippen molar-refractivity contribution < 1.29 is 13.2 Å². The average Bonchev–Trinajstić information content (AvgIpc) is 2.62. The summed E-state index contributed by atoms with van der Waals surface area (Å²) in [5, 5.41) is 0. The number of ether oxygens (including phenoxy) is 1. The lowest BCUT2D eigenvalue weighted by Crippen LogP contribution is -2.48. The number of benzene rings is 2. The monoisotopic (exact) mass is 346 g/mol. The van der Waals surface area contributed by atoms with Gasteiger partial charge in [-0.3, -0.25) is 0 Å². The van der Waals surface area contributed by atoms with Gasteiger partial charge in [0.1, 0.15) is 5.75 Å². The summed E-state index contributed by atoms with van der Waals surface area (Å²) < 4.78 is 32.7. The molecular formula is C18H22N2O3S. The van der Waals surface area contributed by atoms with Gasteiger partial charge in [-0.2, -0.15) is 4.31 Å². The first-order chi connectivity index (χ1) is 11.5. The van der Waals surface area contributed by atoms with Crippen molar-refractivity contribution >= 4 is 15.7 Å². The van der Waals surface area contributed by atoms with Crippen LogP contribution in [0.4, 0.5) is 5.69 Å². The highest BCUT2D eigenvalue weighted by molar-refractivity contribution is 7.89. The molecule has 1 heterocycles. The molecule has 24 heavy (non-hydrogen) atoms. The second kappa shape index (κ2) is 6.83. The summed E-state index contributed by atoms with van der Waals surface area (Å²) in [6.45, 7) is 4.05. The minimum Gasteiger partial charge on any atom is -0.495 e. The first-order valence-electron chi connectivity index (χ1n) is 7.98. The lowest BCUT2D eigenvalue weighted by molar-refractivity contribution is 0.378. The van der Waals surface area contributed by atoms with Gasteiger partial charge in [0, 0.05) is 26.2 Å². The number of nitrogens with zero attached hydrogens (tertiary/aromatic N) is 2. The lowest BCUT2D eigenvalue weighted by Gasteiger charge is -2.36. The number of hydrogen-bond acceptors (Lipinski definition) is 4. The molecule has 0 unspecified atom stereocenters. The number of sulfonamides is 1. The van der Waals surface area contributed by atoms with E-state index in [1.807, 2.05) is 43.3 Å². The average molecular weight is 346 g/mol. The minimum atomic E-state index is -3.44. The summed E-state index contributed by atoms with van der Waals surface area (Å²) in [6.07, 6.45) is 0. The van der Waals surface area contributed by atoms with Crippen molar-refractivity contribution in [1.29, 1.82) is 0 Å². The quantitative estimate of drug-likeness (QED) is 0.854. The number of piperazine rings is 1. The molecule has 1 saturated heterocycles. The second-order valence-electron chi connectivity index (χ2n) is 5.83. The fourth-order valence-electron chi connectivity index (χ4n) is 3.05. The van der Waals surface area contributed by atoms with Crippen LogP contribution in [-0.4, -0.2) is 46.0 Å². The first kappa shape index (κ1) is 16.8. The predicted molar refractivity (Wildman–Crippen MR) is 95.1 cm³/mol.